The third-order valence-electron chi connectivity index (χ3n) is 8.12. The van der Waals surface area contributed by atoms with Gasteiger partial charge in [-0.3, -0.25) is 15.1 Å². The predicted molar refractivity (Wildman–Crippen MR) is 150 cm³/mol. The molecule has 5 aromatic rings. The summed E-state index contributed by atoms with van der Waals surface area (Å²) in [6.07, 6.45) is 5.00. The number of aromatic nitrogens is 5. The average molecular weight is 508 g/mol. The Hall–Kier alpha value is -3.75. The van der Waals surface area contributed by atoms with Crippen molar-refractivity contribution in [1.82, 2.24) is 35.2 Å². The number of fused-ring (bicyclic) bond motifs is 2. The number of H-pyrrole nitrogens is 2. The lowest BCUT2D eigenvalue weighted by Crippen LogP contribution is -2.30. The van der Waals surface area contributed by atoms with Crippen molar-refractivity contribution in [3.05, 3.63) is 60.4 Å². The van der Waals surface area contributed by atoms with Crippen LogP contribution in [0.3, 0.4) is 0 Å². The van der Waals surface area contributed by atoms with Gasteiger partial charge in [0.1, 0.15) is 18.2 Å². The zero-order valence-corrected chi connectivity index (χ0v) is 21.8. The normalized spacial score (nSPS) is 18.7. The number of likely N-dealkylation sites (tertiary alicyclic amines) is 2. The molecule has 2 saturated heterocycles. The number of nitrogens with zero attached hydrogens (tertiary/aromatic N) is 5. The van der Waals surface area contributed by atoms with E-state index in [4.69, 9.17) is 9.72 Å². The van der Waals surface area contributed by atoms with Crippen LogP contribution in [-0.2, 0) is 6.54 Å². The van der Waals surface area contributed by atoms with Gasteiger partial charge >= 0.3 is 0 Å². The molecule has 2 N–H and O–H groups in total. The number of aromatic amines is 2. The molecule has 0 bridgehead atoms. The van der Waals surface area contributed by atoms with Gasteiger partial charge in [-0.05, 0) is 99.5 Å². The third-order valence-corrected chi connectivity index (χ3v) is 8.12. The minimum Gasteiger partial charge on any atom is -0.492 e. The Kier molecular flexibility index (Phi) is 6.06. The van der Waals surface area contributed by atoms with Gasteiger partial charge in [0, 0.05) is 22.6 Å². The van der Waals surface area contributed by atoms with Crippen molar-refractivity contribution in [1.29, 1.82) is 0 Å². The first-order valence-corrected chi connectivity index (χ1v) is 13.7. The van der Waals surface area contributed by atoms with E-state index in [0.717, 1.165) is 83.3 Å². The van der Waals surface area contributed by atoms with Crippen molar-refractivity contribution in [2.75, 3.05) is 33.3 Å². The van der Waals surface area contributed by atoms with Gasteiger partial charge in [-0.2, -0.15) is 10.2 Å². The predicted octanol–water partition coefficient (Wildman–Crippen LogP) is 5.24. The fourth-order valence-electron chi connectivity index (χ4n) is 5.86. The molecule has 2 aliphatic rings. The highest BCUT2D eigenvalue weighted by Gasteiger charge is 2.21. The molecule has 0 amide bonds. The lowest BCUT2D eigenvalue weighted by Gasteiger charge is -2.19. The molecule has 0 aliphatic carbocycles. The van der Waals surface area contributed by atoms with Crippen LogP contribution < -0.4 is 4.74 Å². The summed E-state index contributed by atoms with van der Waals surface area (Å²) in [6.45, 7) is 5.01. The fraction of sp³-hybridized carbons (Fsp3) is 0.367. The maximum atomic E-state index is 6.15. The first-order chi connectivity index (χ1) is 18.7. The molecule has 7 rings (SSSR count). The zero-order chi connectivity index (χ0) is 25.5. The first kappa shape index (κ1) is 23.4. The molecule has 0 radical (unpaired) electrons. The Morgan fingerprint density at radius 1 is 0.868 bits per heavy atom. The molecule has 2 fully saturated rings. The van der Waals surface area contributed by atoms with Gasteiger partial charge in [-0.1, -0.05) is 18.2 Å². The van der Waals surface area contributed by atoms with Gasteiger partial charge in [0.2, 0.25) is 0 Å². The topological polar surface area (TPSA) is 86.0 Å². The maximum Gasteiger partial charge on any atom is 0.181 e. The van der Waals surface area contributed by atoms with Crippen molar-refractivity contribution < 1.29 is 4.74 Å². The summed E-state index contributed by atoms with van der Waals surface area (Å²) in [6, 6.07) is 19.6. The van der Waals surface area contributed by atoms with E-state index in [1.54, 1.807) is 0 Å². The van der Waals surface area contributed by atoms with Crippen molar-refractivity contribution in [2.45, 2.75) is 38.3 Å². The SMILES string of the molecule is CN1CCC[C@H]1COc1ccc2cc(-c3n[nH]c4ccc(-c5n[nH]c(CN6CCCC6)n5)cc34)ccc2c1. The molecule has 8 nitrogen and oxygen atoms in total. The third kappa shape index (κ3) is 4.54. The Bertz CT molecular complexity index is 1580. The molecule has 0 spiro atoms. The summed E-state index contributed by atoms with van der Waals surface area (Å²) in [5, 5.41) is 18.9. The van der Waals surface area contributed by atoms with Crippen molar-refractivity contribution in [3.63, 3.8) is 0 Å². The number of hydrogen-bond donors (Lipinski definition) is 2. The monoisotopic (exact) mass is 507 g/mol. The minimum atomic E-state index is 0.513. The van der Waals surface area contributed by atoms with Crippen LogP contribution in [0.25, 0.3) is 44.3 Å². The van der Waals surface area contributed by atoms with E-state index >= 15 is 0 Å². The molecule has 0 unspecified atom stereocenters. The van der Waals surface area contributed by atoms with Crippen molar-refractivity contribution in [2.24, 2.45) is 0 Å². The lowest BCUT2D eigenvalue weighted by molar-refractivity contribution is 0.198. The molecule has 8 heteroatoms. The summed E-state index contributed by atoms with van der Waals surface area (Å²) >= 11 is 0. The summed E-state index contributed by atoms with van der Waals surface area (Å²) in [5.41, 5.74) is 3.99. The molecular weight excluding hydrogens is 474 g/mol. The summed E-state index contributed by atoms with van der Waals surface area (Å²) in [5.74, 6) is 2.57. The standard InChI is InChI=1S/C30H33N7O/c1-36-12-4-5-24(36)19-38-25-10-8-20-15-22(7-6-21(20)16-25)29-26-17-23(9-11-27(26)32-34-29)30-31-28(33-35-30)18-37-13-2-3-14-37/h6-11,15-17,24H,2-5,12-14,18-19H2,1H3,(H,32,34)(H,31,33,35)/t24-/m0/s1. The first-order valence-electron chi connectivity index (χ1n) is 13.7. The number of likely N-dealkylation sites (N-methyl/N-ethyl adjacent to an activating group) is 1. The highest BCUT2D eigenvalue weighted by Crippen LogP contribution is 2.32. The zero-order valence-electron chi connectivity index (χ0n) is 21.8. The molecule has 3 aromatic carbocycles. The van der Waals surface area contributed by atoms with Crippen LogP contribution in [0.4, 0.5) is 0 Å². The van der Waals surface area contributed by atoms with Crippen LogP contribution >= 0.6 is 0 Å². The minimum absolute atomic E-state index is 0.513. The van der Waals surface area contributed by atoms with Gasteiger partial charge in [-0.15, -0.1) is 0 Å². The largest absolute Gasteiger partial charge is 0.492 e. The molecule has 38 heavy (non-hydrogen) atoms. The van der Waals surface area contributed by atoms with E-state index in [-0.39, 0.29) is 0 Å². The number of hydrogen-bond acceptors (Lipinski definition) is 6. The Balaban J connectivity index is 1.13. The second kappa shape index (κ2) is 9.85. The van der Waals surface area contributed by atoms with E-state index in [9.17, 15) is 0 Å². The van der Waals surface area contributed by atoms with Crippen LogP contribution in [0.1, 0.15) is 31.5 Å². The summed E-state index contributed by atoms with van der Waals surface area (Å²) in [4.78, 5) is 9.59. The maximum absolute atomic E-state index is 6.15. The van der Waals surface area contributed by atoms with Crippen LogP contribution in [0.2, 0.25) is 0 Å². The van der Waals surface area contributed by atoms with Gasteiger partial charge in [0.25, 0.3) is 0 Å². The number of rotatable bonds is 7. The molecule has 1 atom stereocenters. The second-order valence-corrected chi connectivity index (χ2v) is 10.7. The van der Waals surface area contributed by atoms with Crippen LogP contribution in [0, 0.1) is 0 Å². The highest BCUT2D eigenvalue weighted by atomic mass is 16.5. The molecular formula is C30H33N7O. The molecule has 2 aromatic heterocycles. The van der Waals surface area contributed by atoms with Crippen molar-refractivity contribution >= 4 is 21.7 Å². The fourth-order valence-corrected chi connectivity index (χ4v) is 5.86. The number of benzene rings is 3. The Morgan fingerprint density at radius 2 is 1.71 bits per heavy atom. The molecule has 194 valence electrons. The van der Waals surface area contributed by atoms with Gasteiger partial charge in [-0.25, -0.2) is 4.98 Å². The quantitative estimate of drug-likeness (QED) is 0.313. The van der Waals surface area contributed by atoms with E-state index in [1.807, 2.05) is 0 Å². The van der Waals surface area contributed by atoms with Crippen LogP contribution in [-0.4, -0.2) is 74.5 Å². The second-order valence-electron chi connectivity index (χ2n) is 10.7. The van der Waals surface area contributed by atoms with E-state index in [2.05, 4.69) is 91.8 Å². The van der Waals surface area contributed by atoms with E-state index < -0.39 is 0 Å². The van der Waals surface area contributed by atoms with E-state index in [1.165, 1.54) is 31.1 Å². The Morgan fingerprint density at radius 3 is 2.58 bits per heavy atom. The van der Waals surface area contributed by atoms with Gasteiger partial charge in [0.15, 0.2) is 5.82 Å². The molecule has 0 saturated carbocycles. The number of nitrogens with one attached hydrogen (secondary N) is 2. The Labute approximate surface area is 222 Å². The lowest BCUT2D eigenvalue weighted by atomic mass is 10.0. The van der Waals surface area contributed by atoms with Gasteiger partial charge < -0.3 is 9.64 Å². The van der Waals surface area contributed by atoms with Crippen molar-refractivity contribution in [3.8, 4) is 28.4 Å². The van der Waals surface area contributed by atoms with E-state index in [0.29, 0.717) is 6.04 Å². The molecule has 4 heterocycles. The van der Waals surface area contributed by atoms with Crippen LogP contribution in [0.5, 0.6) is 5.75 Å². The number of ether oxygens (including phenoxy) is 1. The van der Waals surface area contributed by atoms with Gasteiger partial charge in [0.05, 0.1) is 17.8 Å². The summed E-state index contributed by atoms with van der Waals surface area (Å²) in [7, 11) is 2.18. The summed E-state index contributed by atoms with van der Waals surface area (Å²) < 4.78 is 6.15. The van der Waals surface area contributed by atoms with Crippen LogP contribution in [0.15, 0.2) is 54.6 Å². The smallest absolute Gasteiger partial charge is 0.181 e. The molecule has 2 aliphatic heterocycles. The highest BCUT2D eigenvalue weighted by molar-refractivity contribution is 5.97. The average Bonchev–Trinajstić information content (AvgIpc) is 3.75.